The number of carbonyl (C=O) groups is 2. The summed E-state index contributed by atoms with van der Waals surface area (Å²) in [7, 11) is 0. The summed E-state index contributed by atoms with van der Waals surface area (Å²) >= 11 is 0. The molecule has 0 aromatic heterocycles. The molecule has 0 saturated heterocycles. The Hall–Kier alpha value is -1.92. The van der Waals surface area contributed by atoms with Gasteiger partial charge < -0.3 is 20.4 Å². The quantitative estimate of drug-likeness (QED) is 0.808. The van der Waals surface area contributed by atoms with Crippen molar-refractivity contribution in [3.05, 3.63) is 35.4 Å². The van der Waals surface area contributed by atoms with Gasteiger partial charge in [0.1, 0.15) is 6.61 Å². The molecule has 2 rings (SSSR count). The van der Waals surface area contributed by atoms with E-state index in [4.69, 9.17) is 10.2 Å². The van der Waals surface area contributed by atoms with Gasteiger partial charge in [0.15, 0.2) is 0 Å². The third-order valence-electron chi connectivity index (χ3n) is 2.69. The van der Waals surface area contributed by atoms with Gasteiger partial charge in [-0.05, 0) is 24.3 Å². The third-order valence-corrected chi connectivity index (χ3v) is 2.69. The van der Waals surface area contributed by atoms with E-state index in [1.807, 2.05) is 0 Å². The number of rotatable bonds is 4. The van der Waals surface area contributed by atoms with Gasteiger partial charge >= 0.3 is 11.9 Å². The molecule has 0 unspecified atom stereocenters. The number of ether oxygens (including phenoxy) is 1. The molecule has 4 N–H and O–H groups in total. The van der Waals surface area contributed by atoms with Gasteiger partial charge in [-0.25, -0.2) is 9.59 Å². The maximum Gasteiger partial charge on any atom is 0.338 e. The number of benzene rings is 1. The van der Waals surface area contributed by atoms with E-state index in [9.17, 15) is 9.59 Å². The number of aliphatic hydroxyl groups is 1. The Morgan fingerprint density at radius 1 is 1.00 bits per heavy atom. The predicted octanol–water partition coefficient (Wildman–Crippen LogP) is 1.27. The zero-order valence-corrected chi connectivity index (χ0v) is 11.2. The van der Waals surface area contributed by atoms with Gasteiger partial charge in [-0.1, -0.05) is 25.7 Å². The van der Waals surface area contributed by atoms with E-state index in [0.717, 1.165) is 0 Å². The molecule has 0 atom stereocenters. The lowest BCUT2D eigenvalue weighted by molar-refractivity contribution is 0.0433. The van der Waals surface area contributed by atoms with Crippen molar-refractivity contribution < 1.29 is 30.0 Å². The van der Waals surface area contributed by atoms with E-state index in [0.29, 0.717) is 0 Å². The zero-order chi connectivity index (χ0) is 14.1. The van der Waals surface area contributed by atoms with Gasteiger partial charge in [0, 0.05) is 0 Å². The van der Waals surface area contributed by atoms with Crippen LogP contribution in [0.25, 0.3) is 0 Å². The second-order valence-electron chi connectivity index (χ2n) is 4.16. The summed E-state index contributed by atoms with van der Waals surface area (Å²) in [5.41, 5.74) is 0.363. The molecular formula is C14H20O6. The molecule has 1 aromatic rings. The van der Waals surface area contributed by atoms with E-state index in [1.165, 1.54) is 49.9 Å². The summed E-state index contributed by atoms with van der Waals surface area (Å²) in [6, 6.07) is 5.36. The lowest BCUT2D eigenvalue weighted by Gasteiger charge is -2.05. The first kappa shape index (κ1) is 18.1. The van der Waals surface area contributed by atoms with Crippen LogP contribution < -0.4 is 0 Å². The Bertz CT molecular complexity index is 404. The molecule has 20 heavy (non-hydrogen) atoms. The highest BCUT2D eigenvalue weighted by atomic mass is 16.5. The fraction of sp³-hybridized carbons (Fsp3) is 0.429. The summed E-state index contributed by atoms with van der Waals surface area (Å²) in [4.78, 5) is 21.7. The van der Waals surface area contributed by atoms with Gasteiger partial charge in [0.25, 0.3) is 0 Å². The van der Waals surface area contributed by atoms with Crippen LogP contribution in [0.4, 0.5) is 0 Å². The SMILES string of the molecule is C1CCC1.O.O=C(O)c1ccc(C(=O)OCCO)cc1. The topological polar surface area (TPSA) is 115 Å². The van der Waals surface area contributed by atoms with Crippen molar-refractivity contribution in [3.8, 4) is 0 Å². The lowest BCUT2D eigenvalue weighted by atomic mass is 10.0. The number of aromatic carboxylic acids is 1. The van der Waals surface area contributed by atoms with Gasteiger partial charge in [0.05, 0.1) is 17.7 Å². The number of esters is 1. The number of carbonyl (C=O) groups excluding carboxylic acids is 1. The molecule has 1 fully saturated rings. The zero-order valence-electron chi connectivity index (χ0n) is 11.2. The highest BCUT2D eigenvalue weighted by Crippen LogP contribution is 2.15. The Kier molecular flexibility index (Phi) is 8.98. The van der Waals surface area contributed by atoms with Crippen molar-refractivity contribution in [2.24, 2.45) is 0 Å². The van der Waals surface area contributed by atoms with Crippen molar-refractivity contribution >= 4 is 11.9 Å². The van der Waals surface area contributed by atoms with Crippen molar-refractivity contribution in [2.75, 3.05) is 13.2 Å². The first-order chi connectivity index (χ1) is 9.15. The van der Waals surface area contributed by atoms with Crippen molar-refractivity contribution in [3.63, 3.8) is 0 Å². The van der Waals surface area contributed by atoms with Crippen molar-refractivity contribution in [1.29, 1.82) is 0 Å². The van der Waals surface area contributed by atoms with E-state index >= 15 is 0 Å². The molecule has 1 aliphatic carbocycles. The van der Waals surface area contributed by atoms with E-state index in [2.05, 4.69) is 4.74 Å². The molecule has 1 aliphatic rings. The number of aliphatic hydroxyl groups excluding tert-OH is 1. The largest absolute Gasteiger partial charge is 0.478 e. The molecule has 1 aromatic carbocycles. The highest BCUT2D eigenvalue weighted by molar-refractivity contribution is 5.92. The maximum atomic E-state index is 11.2. The first-order valence-electron chi connectivity index (χ1n) is 6.26. The minimum atomic E-state index is -1.05. The minimum Gasteiger partial charge on any atom is -0.478 e. The predicted molar refractivity (Wildman–Crippen MR) is 72.9 cm³/mol. The second-order valence-corrected chi connectivity index (χ2v) is 4.16. The van der Waals surface area contributed by atoms with Crippen LogP contribution in [0.2, 0.25) is 0 Å². The van der Waals surface area contributed by atoms with Crippen LogP contribution in [-0.2, 0) is 4.74 Å². The minimum absolute atomic E-state index is 0. The van der Waals surface area contributed by atoms with Crippen LogP contribution in [-0.4, -0.2) is 40.8 Å². The van der Waals surface area contributed by atoms with Crippen LogP contribution in [0.5, 0.6) is 0 Å². The standard InChI is InChI=1S/C10H10O5.C4H8.H2O/c11-5-6-15-10(14)8-3-1-7(2-4-8)9(12)13;1-2-4-3-1;/h1-4,11H,5-6H2,(H,12,13);1-4H2;1H2. The van der Waals surface area contributed by atoms with E-state index in [1.54, 1.807) is 0 Å². The number of carboxylic acids is 1. The second kappa shape index (κ2) is 9.94. The highest BCUT2D eigenvalue weighted by Gasteiger charge is 2.08. The summed E-state index contributed by atoms with van der Waals surface area (Å²) in [5.74, 6) is -1.63. The van der Waals surface area contributed by atoms with Crippen LogP contribution in [0.1, 0.15) is 46.4 Å². The van der Waals surface area contributed by atoms with E-state index in [-0.39, 0.29) is 29.8 Å². The maximum absolute atomic E-state index is 11.2. The average Bonchev–Trinajstić information content (AvgIpc) is 2.34. The fourth-order valence-corrected chi connectivity index (χ4v) is 1.22. The molecule has 0 bridgehead atoms. The number of hydrogen-bond acceptors (Lipinski definition) is 4. The Morgan fingerprint density at radius 2 is 1.45 bits per heavy atom. The molecule has 112 valence electrons. The normalized spacial score (nSPS) is 12.1. The molecule has 6 nitrogen and oxygen atoms in total. The third kappa shape index (κ3) is 6.31. The van der Waals surface area contributed by atoms with Crippen molar-refractivity contribution in [2.45, 2.75) is 25.7 Å². The molecular weight excluding hydrogens is 264 g/mol. The first-order valence-corrected chi connectivity index (χ1v) is 6.26. The summed E-state index contributed by atoms with van der Waals surface area (Å²) in [5, 5.41) is 17.0. The van der Waals surface area contributed by atoms with Crippen LogP contribution >= 0.6 is 0 Å². The molecule has 6 heteroatoms. The fourth-order valence-electron chi connectivity index (χ4n) is 1.22. The van der Waals surface area contributed by atoms with Crippen LogP contribution in [0.3, 0.4) is 0 Å². The van der Waals surface area contributed by atoms with Gasteiger partial charge in [-0.15, -0.1) is 0 Å². The molecule has 0 spiro atoms. The van der Waals surface area contributed by atoms with E-state index < -0.39 is 11.9 Å². The molecule has 0 amide bonds. The van der Waals surface area contributed by atoms with Gasteiger partial charge in [-0.3, -0.25) is 0 Å². The molecule has 0 aliphatic heterocycles. The summed E-state index contributed by atoms with van der Waals surface area (Å²) < 4.78 is 4.64. The Labute approximate surface area is 117 Å². The summed E-state index contributed by atoms with van der Waals surface area (Å²) in [6.07, 6.45) is 6.00. The smallest absolute Gasteiger partial charge is 0.338 e. The van der Waals surface area contributed by atoms with Crippen LogP contribution in [0, 0.1) is 0 Å². The Morgan fingerprint density at radius 3 is 1.80 bits per heavy atom. The van der Waals surface area contributed by atoms with Gasteiger partial charge in [0.2, 0.25) is 0 Å². The number of hydrogen-bond donors (Lipinski definition) is 2. The molecule has 1 saturated carbocycles. The molecule has 0 heterocycles. The average molecular weight is 284 g/mol. The summed E-state index contributed by atoms with van der Waals surface area (Å²) in [6.45, 7) is -0.307. The monoisotopic (exact) mass is 284 g/mol. The number of carboxylic acid groups (broad SMARTS) is 1. The van der Waals surface area contributed by atoms with Crippen LogP contribution in [0.15, 0.2) is 24.3 Å². The lowest BCUT2D eigenvalue weighted by Crippen LogP contribution is -2.09. The van der Waals surface area contributed by atoms with Gasteiger partial charge in [-0.2, -0.15) is 0 Å². The molecule has 0 radical (unpaired) electrons. The van der Waals surface area contributed by atoms with Crippen molar-refractivity contribution in [1.82, 2.24) is 0 Å². The Balaban J connectivity index is 0.000000617.